The number of carbonyl (C=O) groups is 2. The number of benzene rings is 2. The van der Waals surface area contributed by atoms with Crippen molar-refractivity contribution in [3.63, 3.8) is 0 Å². The number of aryl methyl sites for hydroxylation is 1. The summed E-state index contributed by atoms with van der Waals surface area (Å²) in [5, 5.41) is 3.72. The van der Waals surface area contributed by atoms with E-state index in [9.17, 15) is 14.0 Å². The normalized spacial score (nSPS) is 10.9. The summed E-state index contributed by atoms with van der Waals surface area (Å²) >= 11 is 7.11. The van der Waals surface area contributed by atoms with Crippen molar-refractivity contribution in [2.45, 2.75) is 6.92 Å². The number of anilines is 1. The highest BCUT2D eigenvalue weighted by Crippen LogP contribution is 2.40. The van der Waals surface area contributed by atoms with Gasteiger partial charge in [-0.2, -0.15) is 0 Å². The maximum Gasteiger partial charge on any atom is 0.341 e. The van der Waals surface area contributed by atoms with Crippen molar-refractivity contribution in [3.8, 4) is 11.1 Å². The van der Waals surface area contributed by atoms with E-state index in [4.69, 9.17) is 16.3 Å². The Morgan fingerprint density at radius 2 is 1.76 bits per heavy atom. The Hall–Kier alpha value is -2.96. The van der Waals surface area contributed by atoms with E-state index in [0.29, 0.717) is 21.2 Å². The van der Waals surface area contributed by atoms with Gasteiger partial charge in [-0.3, -0.25) is 4.79 Å². The lowest BCUT2D eigenvalue weighted by atomic mass is 10.0. The molecule has 0 aliphatic rings. The third kappa shape index (κ3) is 4.91. The SMILES string of the molecule is COC(=O)c1c(NC(=O)/C=C\c2ccc(Cl)cc2)sc(C)c1-c1ccc(F)cc1. The molecule has 1 heterocycles. The summed E-state index contributed by atoms with van der Waals surface area (Å²) in [6, 6.07) is 12.8. The number of rotatable bonds is 5. The predicted octanol–water partition coefficient (Wildman–Crippen LogP) is 5.95. The van der Waals surface area contributed by atoms with Gasteiger partial charge in [-0.15, -0.1) is 11.3 Å². The number of hydrogen-bond acceptors (Lipinski definition) is 4. The van der Waals surface area contributed by atoms with Gasteiger partial charge >= 0.3 is 5.97 Å². The number of thiophene rings is 1. The van der Waals surface area contributed by atoms with E-state index in [1.807, 2.05) is 6.92 Å². The Morgan fingerprint density at radius 3 is 2.38 bits per heavy atom. The fourth-order valence-corrected chi connectivity index (χ4v) is 3.99. The van der Waals surface area contributed by atoms with Crippen LogP contribution >= 0.6 is 22.9 Å². The van der Waals surface area contributed by atoms with Crippen LogP contribution in [0.25, 0.3) is 17.2 Å². The first-order valence-electron chi connectivity index (χ1n) is 8.61. The van der Waals surface area contributed by atoms with Gasteiger partial charge in [0.1, 0.15) is 16.4 Å². The molecule has 0 fully saturated rings. The monoisotopic (exact) mass is 429 g/mol. The van der Waals surface area contributed by atoms with Crippen LogP contribution in [0, 0.1) is 12.7 Å². The summed E-state index contributed by atoms with van der Waals surface area (Å²) in [6.07, 6.45) is 3.02. The van der Waals surface area contributed by atoms with Crippen LogP contribution in [0.5, 0.6) is 0 Å². The lowest BCUT2D eigenvalue weighted by Crippen LogP contribution is -2.11. The van der Waals surface area contributed by atoms with Crippen LogP contribution in [0.15, 0.2) is 54.6 Å². The molecule has 2 aromatic carbocycles. The van der Waals surface area contributed by atoms with Crippen molar-refractivity contribution in [1.29, 1.82) is 0 Å². The second-order valence-electron chi connectivity index (χ2n) is 6.11. The number of esters is 1. The van der Waals surface area contributed by atoms with Crippen LogP contribution < -0.4 is 5.32 Å². The Balaban J connectivity index is 1.91. The molecule has 0 atom stereocenters. The first-order chi connectivity index (χ1) is 13.9. The third-order valence-corrected chi connectivity index (χ3v) is 5.41. The quantitative estimate of drug-likeness (QED) is 0.402. The minimum Gasteiger partial charge on any atom is -0.465 e. The summed E-state index contributed by atoms with van der Waals surface area (Å²) in [7, 11) is 1.27. The molecule has 0 unspecified atom stereocenters. The molecule has 0 aliphatic carbocycles. The summed E-state index contributed by atoms with van der Waals surface area (Å²) < 4.78 is 18.2. The van der Waals surface area contributed by atoms with E-state index in [-0.39, 0.29) is 11.4 Å². The largest absolute Gasteiger partial charge is 0.465 e. The molecule has 0 aliphatic heterocycles. The fourth-order valence-electron chi connectivity index (χ4n) is 2.79. The van der Waals surface area contributed by atoms with Crippen LogP contribution in [0.4, 0.5) is 9.39 Å². The van der Waals surface area contributed by atoms with E-state index >= 15 is 0 Å². The summed E-state index contributed by atoms with van der Waals surface area (Å²) in [6.45, 7) is 1.83. The van der Waals surface area contributed by atoms with Crippen molar-refractivity contribution >= 4 is 45.9 Å². The summed E-state index contributed by atoms with van der Waals surface area (Å²) in [5.41, 5.74) is 2.33. The van der Waals surface area contributed by atoms with Crippen LogP contribution in [0.3, 0.4) is 0 Å². The van der Waals surface area contributed by atoms with Crippen molar-refractivity contribution < 1.29 is 18.7 Å². The third-order valence-electron chi connectivity index (χ3n) is 4.14. The molecule has 1 amide bonds. The van der Waals surface area contributed by atoms with Crippen molar-refractivity contribution in [2.24, 2.45) is 0 Å². The van der Waals surface area contributed by atoms with Gasteiger partial charge < -0.3 is 10.1 Å². The molecule has 29 heavy (non-hydrogen) atoms. The van der Waals surface area contributed by atoms with Gasteiger partial charge in [-0.1, -0.05) is 35.9 Å². The summed E-state index contributed by atoms with van der Waals surface area (Å²) in [4.78, 5) is 25.6. The smallest absolute Gasteiger partial charge is 0.341 e. The van der Waals surface area contributed by atoms with E-state index in [1.165, 1.54) is 36.7 Å². The van der Waals surface area contributed by atoms with Gasteiger partial charge in [-0.05, 0) is 48.4 Å². The number of ether oxygens (including phenoxy) is 1. The zero-order valence-corrected chi connectivity index (χ0v) is 17.2. The molecular formula is C22H17ClFNO3S. The van der Waals surface area contributed by atoms with Gasteiger partial charge in [0.25, 0.3) is 0 Å². The number of carbonyl (C=O) groups excluding carboxylic acids is 2. The van der Waals surface area contributed by atoms with Crippen LogP contribution in [0.2, 0.25) is 5.02 Å². The van der Waals surface area contributed by atoms with Crippen LogP contribution in [0.1, 0.15) is 20.8 Å². The molecule has 1 aromatic heterocycles. The van der Waals surface area contributed by atoms with E-state index in [0.717, 1.165) is 10.4 Å². The zero-order chi connectivity index (χ0) is 21.0. The second kappa shape index (κ2) is 9.03. The van der Waals surface area contributed by atoms with Gasteiger partial charge in [0.15, 0.2) is 0 Å². The molecule has 0 bridgehead atoms. The predicted molar refractivity (Wildman–Crippen MR) is 115 cm³/mol. The molecule has 3 aromatic rings. The minimum absolute atomic E-state index is 0.245. The molecule has 0 saturated carbocycles. The Kier molecular flexibility index (Phi) is 6.46. The van der Waals surface area contributed by atoms with Crippen LogP contribution in [-0.2, 0) is 9.53 Å². The zero-order valence-electron chi connectivity index (χ0n) is 15.7. The second-order valence-corrected chi connectivity index (χ2v) is 7.77. The average Bonchev–Trinajstić information content (AvgIpc) is 3.03. The number of amides is 1. The topological polar surface area (TPSA) is 55.4 Å². The molecule has 148 valence electrons. The molecule has 4 nitrogen and oxygen atoms in total. The van der Waals surface area contributed by atoms with E-state index in [2.05, 4.69) is 5.32 Å². The Bertz CT molecular complexity index is 1070. The lowest BCUT2D eigenvalue weighted by Gasteiger charge is -2.07. The number of methoxy groups -OCH3 is 1. The standard InChI is InChI=1S/C22H17ClFNO3S/c1-13-19(15-6-10-17(24)11-7-15)20(22(27)28-2)21(29-13)25-18(26)12-5-14-3-8-16(23)9-4-14/h3-12H,1-2H3,(H,25,26)/b12-5-. The average molecular weight is 430 g/mol. The molecule has 1 N–H and O–H groups in total. The van der Waals surface area contributed by atoms with Crippen molar-refractivity contribution in [3.05, 3.63) is 81.5 Å². The van der Waals surface area contributed by atoms with Gasteiger partial charge in [-0.25, -0.2) is 9.18 Å². The molecule has 0 radical (unpaired) electrons. The van der Waals surface area contributed by atoms with Crippen molar-refractivity contribution in [2.75, 3.05) is 12.4 Å². The number of hydrogen-bond donors (Lipinski definition) is 1. The fraction of sp³-hybridized carbons (Fsp3) is 0.0909. The Labute approximate surface area is 176 Å². The number of halogens is 2. The molecule has 0 saturated heterocycles. The van der Waals surface area contributed by atoms with Gasteiger partial charge in [0.2, 0.25) is 5.91 Å². The maximum absolute atomic E-state index is 13.3. The highest BCUT2D eigenvalue weighted by Gasteiger charge is 2.24. The molecule has 7 heteroatoms. The number of nitrogens with one attached hydrogen (secondary N) is 1. The Morgan fingerprint density at radius 1 is 1.10 bits per heavy atom. The van der Waals surface area contributed by atoms with Gasteiger partial charge in [0.05, 0.1) is 7.11 Å². The first kappa shape index (κ1) is 20.8. The maximum atomic E-state index is 13.3. The minimum atomic E-state index is -0.578. The highest BCUT2D eigenvalue weighted by molar-refractivity contribution is 7.17. The van der Waals surface area contributed by atoms with Gasteiger partial charge in [0, 0.05) is 21.5 Å². The highest BCUT2D eigenvalue weighted by atomic mass is 35.5. The lowest BCUT2D eigenvalue weighted by molar-refractivity contribution is -0.111. The van der Waals surface area contributed by atoms with Crippen molar-refractivity contribution in [1.82, 2.24) is 0 Å². The summed E-state index contributed by atoms with van der Waals surface area (Å²) in [5.74, 6) is -1.34. The first-order valence-corrected chi connectivity index (χ1v) is 9.80. The van der Waals surface area contributed by atoms with E-state index < -0.39 is 11.9 Å². The molecular weight excluding hydrogens is 413 g/mol. The van der Waals surface area contributed by atoms with E-state index in [1.54, 1.807) is 42.5 Å². The molecule has 0 spiro atoms. The van der Waals surface area contributed by atoms with Crippen LogP contribution in [-0.4, -0.2) is 19.0 Å². The molecule has 3 rings (SSSR count).